The molecule has 1 N–H and O–H groups in total. The molecule has 1 fully saturated rings. The number of aliphatic hydroxyl groups excluding tert-OH is 1. The lowest BCUT2D eigenvalue weighted by molar-refractivity contribution is -0.133. The maximum absolute atomic E-state index is 11.5. The van der Waals surface area contributed by atoms with Gasteiger partial charge in [-0.1, -0.05) is 0 Å². The molecule has 0 aromatic carbocycles. The number of hydrogen-bond acceptors (Lipinski definition) is 2. The molecule has 1 heterocycles. The summed E-state index contributed by atoms with van der Waals surface area (Å²) in [6, 6.07) is 0.00992. The van der Waals surface area contributed by atoms with Crippen LogP contribution in [0.3, 0.4) is 0 Å². The van der Waals surface area contributed by atoms with Gasteiger partial charge in [0.1, 0.15) is 0 Å². The quantitative estimate of drug-likeness (QED) is 0.699. The van der Waals surface area contributed by atoms with E-state index in [0.29, 0.717) is 12.3 Å². The van der Waals surface area contributed by atoms with Gasteiger partial charge in [0, 0.05) is 18.8 Å². The number of carbonyl (C=O) groups is 1. The van der Waals surface area contributed by atoms with Gasteiger partial charge in [-0.3, -0.25) is 4.79 Å². The third-order valence-corrected chi connectivity index (χ3v) is 2.67. The van der Waals surface area contributed by atoms with Crippen molar-refractivity contribution >= 4 is 17.5 Å². The molecule has 1 rings (SSSR count). The van der Waals surface area contributed by atoms with Gasteiger partial charge >= 0.3 is 0 Å². The minimum atomic E-state index is -0.429. The minimum absolute atomic E-state index is 0.00992. The van der Waals surface area contributed by atoms with E-state index in [4.69, 9.17) is 11.6 Å². The molecule has 1 amide bonds. The summed E-state index contributed by atoms with van der Waals surface area (Å²) in [6.07, 6.45) is 1.85. The van der Waals surface area contributed by atoms with E-state index >= 15 is 0 Å². The van der Waals surface area contributed by atoms with Crippen LogP contribution in [0, 0.1) is 0 Å². The molecule has 13 heavy (non-hydrogen) atoms. The first kappa shape index (κ1) is 10.8. The summed E-state index contributed by atoms with van der Waals surface area (Å²) in [5.74, 6) is 0.431. The molecule has 1 aliphatic heterocycles. The van der Waals surface area contributed by atoms with E-state index in [9.17, 15) is 9.90 Å². The fourth-order valence-electron chi connectivity index (χ4n) is 1.83. The van der Waals surface area contributed by atoms with Crippen LogP contribution >= 0.6 is 11.6 Å². The number of alkyl halides is 1. The lowest BCUT2D eigenvalue weighted by atomic mass is 10.1. The number of halogens is 1. The number of carbonyl (C=O) groups excluding carboxylic acids is 1. The van der Waals surface area contributed by atoms with Gasteiger partial charge in [-0.05, 0) is 19.8 Å². The van der Waals surface area contributed by atoms with Gasteiger partial charge in [0.2, 0.25) is 5.91 Å². The van der Waals surface area contributed by atoms with Crippen LogP contribution in [0.4, 0.5) is 0 Å². The van der Waals surface area contributed by atoms with Crippen LogP contribution in [0.1, 0.15) is 26.2 Å². The Hall–Kier alpha value is -0.280. The molecule has 0 saturated carbocycles. The maximum atomic E-state index is 11.5. The first-order chi connectivity index (χ1) is 6.16. The third kappa shape index (κ3) is 2.58. The standard InChI is InChI=1S/C9H16ClNO2/c1-7(12)8-3-2-6-11(8)9(13)4-5-10/h7-8,12H,2-6H2,1H3/t7-,8+/m0/s1. The fourth-order valence-corrected chi connectivity index (χ4v) is 1.99. The van der Waals surface area contributed by atoms with Crippen LogP contribution in [0.2, 0.25) is 0 Å². The van der Waals surface area contributed by atoms with Crippen LogP contribution in [0.15, 0.2) is 0 Å². The Labute approximate surface area is 83.7 Å². The van der Waals surface area contributed by atoms with Crippen LogP contribution in [-0.4, -0.2) is 40.5 Å². The summed E-state index contributed by atoms with van der Waals surface area (Å²) in [7, 11) is 0. The van der Waals surface area contributed by atoms with Gasteiger partial charge in [0.25, 0.3) is 0 Å². The predicted molar refractivity (Wildman–Crippen MR) is 51.8 cm³/mol. The summed E-state index contributed by atoms with van der Waals surface area (Å²) < 4.78 is 0. The zero-order valence-electron chi connectivity index (χ0n) is 7.87. The van der Waals surface area contributed by atoms with Crippen LogP contribution < -0.4 is 0 Å². The molecule has 0 radical (unpaired) electrons. The molecule has 76 valence electrons. The average molecular weight is 206 g/mol. The van der Waals surface area contributed by atoms with E-state index in [1.165, 1.54) is 0 Å². The van der Waals surface area contributed by atoms with Crippen molar-refractivity contribution in [2.45, 2.75) is 38.3 Å². The summed E-state index contributed by atoms with van der Waals surface area (Å²) >= 11 is 5.49. The number of aliphatic hydroxyl groups is 1. The van der Waals surface area contributed by atoms with E-state index in [-0.39, 0.29) is 11.9 Å². The van der Waals surface area contributed by atoms with Crippen molar-refractivity contribution in [3.63, 3.8) is 0 Å². The highest BCUT2D eigenvalue weighted by atomic mass is 35.5. The molecule has 0 spiro atoms. The number of hydrogen-bond donors (Lipinski definition) is 1. The van der Waals surface area contributed by atoms with E-state index in [2.05, 4.69) is 0 Å². The van der Waals surface area contributed by atoms with Crippen molar-refractivity contribution < 1.29 is 9.90 Å². The van der Waals surface area contributed by atoms with Crippen LogP contribution in [0.25, 0.3) is 0 Å². The van der Waals surface area contributed by atoms with Crippen molar-refractivity contribution in [1.29, 1.82) is 0 Å². The lowest BCUT2D eigenvalue weighted by Crippen LogP contribution is -2.41. The number of nitrogens with zero attached hydrogens (tertiary/aromatic N) is 1. The van der Waals surface area contributed by atoms with Crippen molar-refractivity contribution in [3.05, 3.63) is 0 Å². The Kier molecular flexibility index (Phi) is 4.00. The Morgan fingerprint density at radius 3 is 3.00 bits per heavy atom. The predicted octanol–water partition coefficient (Wildman–Crippen LogP) is 0.987. The highest BCUT2D eigenvalue weighted by Gasteiger charge is 2.31. The van der Waals surface area contributed by atoms with Crippen molar-refractivity contribution in [2.75, 3.05) is 12.4 Å². The van der Waals surface area contributed by atoms with E-state index < -0.39 is 6.10 Å². The van der Waals surface area contributed by atoms with Crippen molar-refractivity contribution in [1.82, 2.24) is 4.90 Å². The molecule has 0 aromatic heterocycles. The molecule has 1 saturated heterocycles. The molecular formula is C9H16ClNO2. The van der Waals surface area contributed by atoms with Crippen LogP contribution in [-0.2, 0) is 4.79 Å². The molecule has 4 heteroatoms. The first-order valence-corrected chi connectivity index (χ1v) is 5.23. The molecule has 1 aliphatic rings. The molecule has 0 bridgehead atoms. The number of amides is 1. The van der Waals surface area contributed by atoms with Gasteiger partial charge in [-0.2, -0.15) is 0 Å². The normalized spacial score (nSPS) is 24.8. The SMILES string of the molecule is C[C@H](O)[C@H]1CCCN1C(=O)CCCl. The summed E-state index contributed by atoms with van der Waals surface area (Å²) in [6.45, 7) is 2.50. The third-order valence-electron chi connectivity index (χ3n) is 2.48. The second-order valence-electron chi connectivity index (χ2n) is 3.48. The van der Waals surface area contributed by atoms with Gasteiger partial charge in [-0.25, -0.2) is 0 Å². The molecule has 3 nitrogen and oxygen atoms in total. The largest absolute Gasteiger partial charge is 0.391 e. The number of likely N-dealkylation sites (tertiary alicyclic amines) is 1. The zero-order valence-corrected chi connectivity index (χ0v) is 8.63. The van der Waals surface area contributed by atoms with Crippen LogP contribution in [0.5, 0.6) is 0 Å². The Morgan fingerprint density at radius 1 is 1.77 bits per heavy atom. The molecule has 0 aromatic rings. The highest BCUT2D eigenvalue weighted by molar-refractivity contribution is 6.18. The Bertz CT molecular complexity index is 184. The second-order valence-corrected chi connectivity index (χ2v) is 3.85. The smallest absolute Gasteiger partial charge is 0.224 e. The van der Waals surface area contributed by atoms with E-state index in [0.717, 1.165) is 19.4 Å². The number of rotatable bonds is 3. The van der Waals surface area contributed by atoms with E-state index in [1.807, 2.05) is 0 Å². The monoisotopic (exact) mass is 205 g/mol. The van der Waals surface area contributed by atoms with Crippen molar-refractivity contribution in [2.24, 2.45) is 0 Å². The van der Waals surface area contributed by atoms with Gasteiger partial charge in [-0.15, -0.1) is 11.6 Å². The molecule has 2 atom stereocenters. The maximum Gasteiger partial charge on any atom is 0.224 e. The minimum Gasteiger partial charge on any atom is -0.391 e. The topological polar surface area (TPSA) is 40.5 Å². The lowest BCUT2D eigenvalue weighted by Gasteiger charge is -2.26. The Morgan fingerprint density at radius 2 is 2.46 bits per heavy atom. The van der Waals surface area contributed by atoms with Gasteiger partial charge < -0.3 is 10.0 Å². The fraction of sp³-hybridized carbons (Fsp3) is 0.889. The van der Waals surface area contributed by atoms with Gasteiger partial charge in [0.15, 0.2) is 0 Å². The Balaban J connectivity index is 2.52. The molecule has 0 unspecified atom stereocenters. The highest BCUT2D eigenvalue weighted by Crippen LogP contribution is 2.20. The first-order valence-electron chi connectivity index (χ1n) is 4.70. The van der Waals surface area contributed by atoms with E-state index in [1.54, 1.807) is 11.8 Å². The average Bonchev–Trinajstić information content (AvgIpc) is 2.52. The summed E-state index contributed by atoms with van der Waals surface area (Å²) in [4.78, 5) is 13.2. The zero-order chi connectivity index (χ0) is 9.84. The summed E-state index contributed by atoms with van der Waals surface area (Å²) in [5.41, 5.74) is 0. The molecular weight excluding hydrogens is 190 g/mol. The molecule has 0 aliphatic carbocycles. The second kappa shape index (κ2) is 4.82. The van der Waals surface area contributed by atoms with Crippen molar-refractivity contribution in [3.8, 4) is 0 Å². The van der Waals surface area contributed by atoms with Gasteiger partial charge in [0.05, 0.1) is 12.1 Å². The summed E-state index contributed by atoms with van der Waals surface area (Å²) in [5, 5.41) is 9.41.